The molecule has 0 radical (unpaired) electrons. The number of likely N-dealkylation sites (tertiary alicyclic amines) is 1. The molecule has 3 heterocycles. The van der Waals surface area contributed by atoms with Crippen molar-refractivity contribution >= 4 is 29.2 Å². The molecular formula is C21H22ClN5O2. The largest absolute Gasteiger partial charge is 0.494 e. The summed E-state index contributed by atoms with van der Waals surface area (Å²) in [5.74, 6) is -0.0874. The number of aromatic nitrogens is 2. The van der Waals surface area contributed by atoms with Gasteiger partial charge in [-0.25, -0.2) is 0 Å². The Morgan fingerprint density at radius 3 is 2.72 bits per heavy atom. The molecule has 8 heteroatoms. The molecule has 0 spiro atoms. The summed E-state index contributed by atoms with van der Waals surface area (Å²) in [6, 6.07) is 10.7. The lowest BCUT2D eigenvalue weighted by Gasteiger charge is -2.23. The van der Waals surface area contributed by atoms with Crippen LogP contribution in [-0.4, -0.2) is 57.6 Å². The van der Waals surface area contributed by atoms with E-state index in [0.717, 1.165) is 18.5 Å². The first-order valence-electron chi connectivity index (χ1n) is 9.26. The predicted octanol–water partition coefficient (Wildman–Crippen LogP) is 3.35. The van der Waals surface area contributed by atoms with Crippen LogP contribution < -0.4 is 0 Å². The Bertz CT molecular complexity index is 1070. The Balaban J connectivity index is 0.00000240. The third-order valence-electron chi connectivity index (χ3n) is 5.13. The second-order valence-electron chi connectivity index (χ2n) is 7.12. The molecule has 1 aromatic carbocycles. The van der Waals surface area contributed by atoms with Gasteiger partial charge < -0.3 is 15.0 Å². The fourth-order valence-electron chi connectivity index (χ4n) is 3.69. The number of aromatic hydroxyl groups is 1. The second kappa shape index (κ2) is 8.52. The highest BCUT2D eigenvalue weighted by molar-refractivity contribution is 5.99. The minimum atomic E-state index is -0.0761. The number of H-pyrrole nitrogens is 1. The van der Waals surface area contributed by atoms with Gasteiger partial charge in [-0.05, 0) is 50.2 Å². The van der Waals surface area contributed by atoms with Gasteiger partial charge in [-0.3, -0.25) is 14.7 Å². The number of hydrogen-bond acceptors (Lipinski definition) is 5. The summed E-state index contributed by atoms with van der Waals surface area (Å²) in [7, 11) is 1.80. The Hall–Kier alpha value is -3.08. The third kappa shape index (κ3) is 4.04. The highest BCUT2D eigenvalue weighted by Gasteiger charge is 2.19. The number of pyridine rings is 1. The van der Waals surface area contributed by atoms with Gasteiger partial charge in [-0.2, -0.15) is 5.26 Å². The zero-order valence-electron chi connectivity index (χ0n) is 16.1. The number of aromatic amines is 1. The van der Waals surface area contributed by atoms with Crippen molar-refractivity contribution in [3.63, 3.8) is 0 Å². The molecule has 1 saturated heterocycles. The molecule has 0 bridgehead atoms. The number of nitrogens with one attached hydrogen (secondary N) is 1. The van der Waals surface area contributed by atoms with Gasteiger partial charge in [0.2, 0.25) is 0 Å². The highest BCUT2D eigenvalue weighted by atomic mass is 35.5. The fraction of sp³-hybridized carbons (Fsp3) is 0.286. The molecule has 7 nitrogen and oxygen atoms in total. The topological polar surface area (TPSA) is 96.2 Å². The SMILES string of the molecule is CN(CN1CCCC1)C(=O)c1ccc(-c2c(O)[nH]c3cc(C#N)ccc23)nc1.Cl. The highest BCUT2D eigenvalue weighted by Crippen LogP contribution is 2.35. The monoisotopic (exact) mass is 411 g/mol. The number of nitriles is 1. The zero-order valence-corrected chi connectivity index (χ0v) is 16.9. The molecular weight excluding hydrogens is 390 g/mol. The lowest BCUT2D eigenvalue weighted by Crippen LogP contribution is -2.37. The van der Waals surface area contributed by atoms with E-state index in [4.69, 9.17) is 5.26 Å². The van der Waals surface area contributed by atoms with Crippen molar-refractivity contribution in [3.05, 3.63) is 47.7 Å². The van der Waals surface area contributed by atoms with Crippen LogP contribution in [0.3, 0.4) is 0 Å². The van der Waals surface area contributed by atoms with Crippen molar-refractivity contribution in [1.82, 2.24) is 19.8 Å². The maximum atomic E-state index is 12.7. The average Bonchev–Trinajstić information content (AvgIpc) is 3.33. The lowest BCUT2D eigenvalue weighted by molar-refractivity contribution is 0.0709. The second-order valence-corrected chi connectivity index (χ2v) is 7.12. The smallest absolute Gasteiger partial charge is 0.256 e. The predicted molar refractivity (Wildman–Crippen MR) is 113 cm³/mol. The lowest BCUT2D eigenvalue weighted by atomic mass is 10.1. The van der Waals surface area contributed by atoms with Crippen LogP contribution in [0.15, 0.2) is 36.5 Å². The molecule has 1 aliphatic rings. The van der Waals surface area contributed by atoms with Crippen LogP contribution in [0.5, 0.6) is 5.88 Å². The van der Waals surface area contributed by atoms with Crippen LogP contribution in [0.1, 0.15) is 28.8 Å². The zero-order chi connectivity index (χ0) is 19.7. The average molecular weight is 412 g/mol. The van der Waals surface area contributed by atoms with Crippen LogP contribution in [0.4, 0.5) is 0 Å². The third-order valence-corrected chi connectivity index (χ3v) is 5.13. The van der Waals surface area contributed by atoms with Gasteiger partial charge in [-0.1, -0.05) is 6.07 Å². The van der Waals surface area contributed by atoms with E-state index in [2.05, 4.69) is 20.9 Å². The summed E-state index contributed by atoms with van der Waals surface area (Å²) in [5.41, 5.74) is 2.81. The van der Waals surface area contributed by atoms with Crippen LogP contribution in [0.25, 0.3) is 22.2 Å². The van der Waals surface area contributed by atoms with Crippen molar-refractivity contribution in [2.45, 2.75) is 12.8 Å². The van der Waals surface area contributed by atoms with Gasteiger partial charge in [0.1, 0.15) is 0 Å². The van der Waals surface area contributed by atoms with E-state index in [9.17, 15) is 9.90 Å². The van der Waals surface area contributed by atoms with Gasteiger partial charge in [0.25, 0.3) is 5.91 Å². The maximum Gasteiger partial charge on any atom is 0.256 e. The standard InChI is InChI=1S/C21H21N5O2.ClH/c1-25(13-26-8-2-3-9-26)21(28)15-5-7-17(23-12-15)19-16-6-4-14(11-22)10-18(16)24-20(19)27;/h4-7,10,12,24,27H,2-3,8-9,13H2,1H3;1H. The van der Waals surface area contributed by atoms with E-state index in [0.29, 0.717) is 34.6 Å². The van der Waals surface area contributed by atoms with Gasteiger partial charge in [-0.15, -0.1) is 12.4 Å². The minimum Gasteiger partial charge on any atom is -0.494 e. The Morgan fingerprint density at radius 2 is 2.07 bits per heavy atom. The minimum absolute atomic E-state index is 0. The van der Waals surface area contributed by atoms with Crippen LogP contribution in [0.2, 0.25) is 0 Å². The van der Waals surface area contributed by atoms with Crippen molar-refractivity contribution in [1.29, 1.82) is 5.26 Å². The molecule has 3 aromatic rings. The number of rotatable bonds is 4. The molecule has 4 rings (SSSR count). The van der Waals surface area contributed by atoms with E-state index < -0.39 is 0 Å². The van der Waals surface area contributed by atoms with E-state index >= 15 is 0 Å². The summed E-state index contributed by atoms with van der Waals surface area (Å²) in [6.07, 6.45) is 3.91. The number of carbonyl (C=O) groups is 1. The first kappa shape index (κ1) is 20.6. The summed E-state index contributed by atoms with van der Waals surface area (Å²) >= 11 is 0. The molecule has 29 heavy (non-hydrogen) atoms. The Morgan fingerprint density at radius 1 is 1.31 bits per heavy atom. The van der Waals surface area contributed by atoms with E-state index in [1.54, 1.807) is 48.5 Å². The Kier molecular flexibility index (Phi) is 6.06. The molecule has 0 saturated carbocycles. The Labute approximate surface area is 175 Å². The molecule has 2 N–H and O–H groups in total. The molecule has 0 aliphatic carbocycles. The molecule has 0 unspecified atom stereocenters. The van der Waals surface area contributed by atoms with Gasteiger partial charge in [0.05, 0.1) is 40.6 Å². The number of benzene rings is 1. The quantitative estimate of drug-likeness (QED) is 0.686. The van der Waals surface area contributed by atoms with Crippen LogP contribution >= 0.6 is 12.4 Å². The number of amides is 1. The normalized spacial score (nSPS) is 13.8. The number of nitrogens with zero attached hydrogens (tertiary/aromatic N) is 4. The maximum absolute atomic E-state index is 12.7. The molecule has 0 atom stereocenters. The van der Waals surface area contributed by atoms with E-state index in [-0.39, 0.29) is 24.2 Å². The summed E-state index contributed by atoms with van der Waals surface area (Å²) in [4.78, 5) is 23.9. The molecule has 1 amide bonds. The van der Waals surface area contributed by atoms with Crippen molar-refractivity contribution in [3.8, 4) is 23.2 Å². The van der Waals surface area contributed by atoms with Gasteiger partial charge in [0.15, 0.2) is 5.88 Å². The first-order valence-corrected chi connectivity index (χ1v) is 9.26. The summed E-state index contributed by atoms with van der Waals surface area (Å²) in [5, 5.41) is 20.1. The van der Waals surface area contributed by atoms with Crippen molar-refractivity contribution < 1.29 is 9.90 Å². The van der Waals surface area contributed by atoms with Crippen molar-refractivity contribution in [2.24, 2.45) is 0 Å². The molecule has 1 fully saturated rings. The van der Waals surface area contributed by atoms with Crippen molar-refractivity contribution in [2.75, 3.05) is 26.8 Å². The summed E-state index contributed by atoms with van der Waals surface area (Å²) < 4.78 is 0. The molecule has 2 aromatic heterocycles. The fourth-order valence-corrected chi connectivity index (χ4v) is 3.69. The van der Waals surface area contributed by atoms with Gasteiger partial charge in [0, 0.05) is 18.6 Å². The van der Waals surface area contributed by atoms with Gasteiger partial charge >= 0.3 is 0 Å². The molecule has 1 aliphatic heterocycles. The molecule has 150 valence electrons. The number of halogens is 1. The number of hydrogen-bond donors (Lipinski definition) is 2. The first-order chi connectivity index (χ1) is 13.6. The van der Waals surface area contributed by atoms with E-state index in [1.807, 2.05) is 0 Å². The number of fused-ring (bicyclic) bond motifs is 1. The van der Waals surface area contributed by atoms with Crippen LogP contribution in [-0.2, 0) is 0 Å². The van der Waals surface area contributed by atoms with Crippen LogP contribution in [0, 0.1) is 11.3 Å². The van der Waals surface area contributed by atoms with E-state index in [1.165, 1.54) is 12.8 Å². The summed E-state index contributed by atoms with van der Waals surface area (Å²) in [6.45, 7) is 2.68. The number of carbonyl (C=O) groups excluding carboxylic acids is 1.